The Morgan fingerprint density at radius 3 is 2.62 bits per heavy atom. The maximum atomic E-state index is 6.27. The molecule has 0 bridgehead atoms. The first-order chi connectivity index (χ1) is 18.1. The Morgan fingerprint density at radius 2 is 1.78 bits per heavy atom. The van der Waals surface area contributed by atoms with Gasteiger partial charge in [0.1, 0.15) is 17.3 Å². The maximum Gasteiger partial charge on any atom is 0.184 e. The molecule has 7 nitrogen and oxygen atoms in total. The predicted octanol–water partition coefficient (Wildman–Crippen LogP) is 6.43. The number of thiazole rings is 1. The zero-order valence-electron chi connectivity index (χ0n) is 21.6. The van der Waals surface area contributed by atoms with Gasteiger partial charge >= 0.3 is 0 Å². The number of rotatable bonds is 7. The molecule has 4 aromatic rings. The van der Waals surface area contributed by atoms with Crippen LogP contribution < -0.4 is 15.0 Å². The van der Waals surface area contributed by atoms with Gasteiger partial charge < -0.3 is 19.9 Å². The average molecular weight is 515 g/mol. The van der Waals surface area contributed by atoms with Crippen molar-refractivity contribution in [3.05, 3.63) is 54.9 Å². The molecular weight excluding hydrogens is 480 g/mol. The van der Waals surface area contributed by atoms with Gasteiger partial charge in [0.15, 0.2) is 5.13 Å². The van der Waals surface area contributed by atoms with Crippen molar-refractivity contribution in [2.45, 2.75) is 50.6 Å². The molecule has 3 aromatic heterocycles. The first kappa shape index (κ1) is 24.1. The summed E-state index contributed by atoms with van der Waals surface area (Å²) < 4.78 is 7.40. The highest BCUT2D eigenvalue weighted by Crippen LogP contribution is 2.34. The molecule has 6 rings (SSSR count). The van der Waals surface area contributed by atoms with E-state index in [-0.39, 0.29) is 0 Å². The first-order valence-corrected chi connectivity index (χ1v) is 14.1. The summed E-state index contributed by atoms with van der Waals surface area (Å²) in [6, 6.07) is 15.3. The van der Waals surface area contributed by atoms with Crippen molar-refractivity contribution in [3.8, 4) is 22.8 Å². The number of nitrogens with zero attached hydrogens (tertiary/aromatic N) is 5. The van der Waals surface area contributed by atoms with Crippen LogP contribution in [-0.2, 0) is 0 Å². The fourth-order valence-electron chi connectivity index (χ4n) is 5.34. The van der Waals surface area contributed by atoms with E-state index in [0.717, 1.165) is 63.4 Å². The van der Waals surface area contributed by atoms with Crippen molar-refractivity contribution in [2.75, 3.05) is 37.4 Å². The first-order valence-electron chi connectivity index (χ1n) is 13.3. The Labute approximate surface area is 222 Å². The lowest BCUT2D eigenvalue weighted by molar-refractivity contribution is 0.315. The van der Waals surface area contributed by atoms with Crippen molar-refractivity contribution < 1.29 is 4.74 Å². The number of fused-ring (bicyclic) bond motifs is 1. The summed E-state index contributed by atoms with van der Waals surface area (Å²) in [5, 5.41) is 4.65. The van der Waals surface area contributed by atoms with Crippen molar-refractivity contribution in [2.24, 2.45) is 0 Å². The second kappa shape index (κ2) is 10.6. The van der Waals surface area contributed by atoms with Crippen LogP contribution in [0.5, 0.6) is 11.5 Å². The van der Waals surface area contributed by atoms with E-state index < -0.39 is 0 Å². The molecule has 2 fully saturated rings. The third-order valence-corrected chi connectivity index (χ3v) is 8.47. The van der Waals surface area contributed by atoms with Gasteiger partial charge in [0.25, 0.3) is 0 Å². The molecule has 37 heavy (non-hydrogen) atoms. The second-order valence-electron chi connectivity index (χ2n) is 10.4. The van der Waals surface area contributed by atoms with Gasteiger partial charge in [-0.05, 0) is 63.7 Å². The molecule has 0 amide bonds. The quantitative estimate of drug-likeness (QED) is 0.305. The fraction of sp³-hybridized carbons (Fsp3) is 0.414. The summed E-state index contributed by atoms with van der Waals surface area (Å²) in [6.07, 6.45) is 11.3. The van der Waals surface area contributed by atoms with Crippen molar-refractivity contribution in [3.63, 3.8) is 0 Å². The van der Waals surface area contributed by atoms with Gasteiger partial charge in [-0.1, -0.05) is 30.6 Å². The van der Waals surface area contributed by atoms with Crippen molar-refractivity contribution in [1.29, 1.82) is 0 Å². The number of likely N-dealkylation sites (N-methyl/N-ethyl adjacent to an activating group) is 1. The van der Waals surface area contributed by atoms with Crippen LogP contribution in [0.4, 0.5) is 10.9 Å². The monoisotopic (exact) mass is 514 g/mol. The molecule has 1 aliphatic heterocycles. The zero-order chi connectivity index (χ0) is 25.2. The van der Waals surface area contributed by atoms with Crippen LogP contribution >= 0.6 is 11.3 Å². The fourth-order valence-corrected chi connectivity index (χ4v) is 6.31. The minimum Gasteiger partial charge on any atom is -0.457 e. The summed E-state index contributed by atoms with van der Waals surface area (Å²) in [7, 11) is 4.29. The summed E-state index contributed by atoms with van der Waals surface area (Å²) in [6.45, 7) is 2.02. The standard InChI is InChI=1S/C29H34N6OS/c1-34(2)22-12-15-35(19-22)28-16-20(10-13-31-28)26-17-24(11-14-30-26)36-23-8-9-25-27(18-23)37-29(33-25)32-21-6-4-3-5-7-21/h8-11,13-14,16-18,21-22H,3-7,12,15,19H2,1-2H3,(H,32,33)/t22-/m0/s1. The number of nitrogens with one attached hydrogen (secondary N) is 1. The average Bonchev–Trinajstić information content (AvgIpc) is 3.57. The molecule has 1 aliphatic carbocycles. The minimum absolute atomic E-state index is 0.550. The van der Waals surface area contributed by atoms with Gasteiger partial charge in [0.05, 0.1) is 15.9 Å². The van der Waals surface area contributed by atoms with Crippen LogP contribution in [-0.4, -0.2) is 59.1 Å². The lowest BCUT2D eigenvalue weighted by atomic mass is 9.96. The number of hydrogen-bond acceptors (Lipinski definition) is 8. The van der Waals surface area contributed by atoms with E-state index >= 15 is 0 Å². The molecule has 0 unspecified atom stereocenters. The van der Waals surface area contributed by atoms with Crippen LogP contribution in [0, 0.1) is 0 Å². The zero-order valence-corrected chi connectivity index (χ0v) is 22.4. The van der Waals surface area contributed by atoms with Crippen LogP contribution in [0.3, 0.4) is 0 Å². The predicted molar refractivity (Wildman–Crippen MR) is 152 cm³/mol. The van der Waals surface area contributed by atoms with Gasteiger partial charge in [-0.3, -0.25) is 4.98 Å². The molecule has 1 saturated carbocycles. The molecule has 0 radical (unpaired) electrons. The van der Waals surface area contributed by atoms with E-state index in [9.17, 15) is 0 Å². The van der Waals surface area contributed by atoms with Crippen molar-refractivity contribution in [1.82, 2.24) is 19.9 Å². The molecular formula is C29H34N6OS. The van der Waals surface area contributed by atoms with E-state index in [4.69, 9.17) is 9.72 Å². The van der Waals surface area contributed by atoms with E-state index in [1.807, 2.05) is 36.5 Å². The highest BCUT2D eigenvalue weighted by atomic mass is 32.1. The molecule has 2 aliphatic rings. The highest BCUT2D eigenvalue weighted by Gasteiger charge is 2.25. The van der Waals surface area contributed by atoms with Crippen LogP contribution in [0.2, 0.25) is 0 Å². The maximum absolute atomic E-state index is 6.27. The lowest BCUT2D eigenvalue weighted by Gasteiger charge is -2.22. The van der Waals surface area contributed by atoms with E-state index in [1.54, 1.807) is 17.5 Å². The topological polar surface area (TPSA) is 66.4 Å². The summed E-state index contributed by atoms with van der Waals surface area (Å²) >= 11 is 1.70. The summed E-state index contributed by atoms with van der Waals surface area (Å²) in [4.78, 5) is 18.7. The number of pyridine rings is 2. The van der Waals surface area contributed by atoms with Crippen LogP contribution in [0.15, 0.2) is 54.9 Å². The third-order valence-electron chi connectivity index (χ3n) is 7.52. The molecule has 8 heteroatoms. The normalized spacial score (nSPS) is 18.6. The number of aromatic nitrogens is 3. The van der Waals surface area contributed by atoms with Gasteiger partial charge in [-0.25, -0.2) is 9.97 Å². The van der Waals surface area contributed by atoms with Gasteiger partial charge in [-0.2, -0.15) is 0 Å². The van der Waals surface area contributed by atoms with E-state index in [1.165, 1.54) is 32.1 Å². The van der Waals surface area contributed by atoms with Gasteiger partial charge in [0.2, 0.25) is 0 Å². The smallest absolute Gasteiger partial charge is 0.184 e. The number of benzene rings is 1. The third kappa shape index (κ3) is 5.55. The van der Waals surface area contributed by atoms with E-state index in [0.29, 0.717) is 12.1 Å². The largest absolute Gasteiger partial charge is 0.457 e. The number of ether oxygens (including phenoxy) is 1. The summed E-state index contributed by atoms with van der Waals surface area (Å²) in [5.41, 5.74) is 2.93. The molecule has 0 spiro atoms. The molecule has 4 heterocycles. The lowest BCUT2D eigenvalue weighted by Crippen LogP contribution is -2.31. The Morgan fingerprint density at radius 1 is 0.946 bits per heavy atom. The second-order valence-corrected chi connectivity index (χ2v) is 11.4. The molecule has 1 aromatic carbocycles. The Hall–Kier alpha value is -3.23. The molecule has 1 N–H and O–H groups in total. The van der Waals surface area contributed by atoms with Crippen LogP contribution in [0.1, 0.15) is 38.5 Å². The Bertz CT molecular complexity index is 1370. The number of hydrogen-bond donors (Lipinski definition) is 1. The molecule has 1 atom stereocenters. The SMILES string of the molecule is CN(C)[C@H]1CCN(c2cc(-c3cc(Oc4ccc5nc(NC6CCCCC6)sc5c4)ccn3)ccn2)C1. The van der Waals surface area contributed by atoms with Gasteiger partial charge in [-0.15, -0.1) is 0 Å². The van der Waals surface area contributed by atoms with E-state index in [2.05, 4.69) is 51.3 Å². The molecule has 1 saturated heterocycles. The Kier molecular flexibility index (Phi) is 6.93. The van der Waals surface area contributed by atoms with Gasteiger partial charge in [0, 0.05) is 55.3 Å². The molecule has 192 valence electrons. The minimum atomic E-state index is 0.550. The van der Waals surface area contributed by atoms with Crippen molar-refractivity contribution >= 4 is 32.5 Å². The summed E-state index contributed by atoms with van der Waals surface area (Å²) in [5.74, 6) is 2.57. The van der Waals surface area contributed by atoms with Crippen LogP contribution in [0.25, 0.3) is 21.5 Å². The Balaban J connectivity index is 1.17. The highest BCUT2D eigenvalue weighted by molar-refractivity contribution is 7.22. The number of anilines is 2.